The van der Waals surface area contributed by atoms with Gasteiger partial charge >= 0.3 is 5.97 Å². The van der Waals surface area contributed by atoms with Crippen LogP contribution in [-0.2, 0) is 16.0 Å². The van der Waals surface area contributed by atoms with Gasteiger partial charge in [-0.3, -0.25) is 9.59 Å². The minimum atomic E-state index is -0.574. The van der Waals surface area contributed by atoms with Crippen molar-refractivity contribution >= 4 is 11.9 Å². The van der Waals surface area contributed by atoms with Crippen LogP contribution in [0, 0.1) is 5.92 Å². The molecule has 0 atom stereocenters. The van der Waals surface area contributed by atoms with Crippen LogP contribution in [0.2, 0.25) is 0 Å². The van der Waals surface area contributed by atoms with Crippen LogP contribution in [0.5, 0.6) is 11.5 Å². The molecule has 6 nitrogen and oxygen atoms in total. The highest BCUT2D eigenvalue weighted by atomic mass is 16.6. The summed E-state index contributed by atoms with van der Waals surface area (Å²) in [5.41, 5.74) is 0.222. The highest BCUT2D eigenvalue weighted by Gasteiger charge is 2.36. The summed E-state index contributed by atoms with van der Waals surface area (Å²) in [7, 11) is 1.50. The summed E-state index contributed by atoms with van der Waals surface area (Å²) in [4.78, 5) is 23.6. The number of hydrogen-bond acceptors (Lipinski definition) is 5. The van der Waals surface area contributed by atoms with Gasteiger partial charge < -0.3 is 19.9 Å². The van der Waals surface area contributed by atoms with Crippen molar-refractivity contribution < 1.29 is 24.2 Å². The third-order valence-electron chi connectivity index (χ3n) is 5.92. The number of methoxy groups -OCH3 is 1. The second-order valence-corrected chi connectivity index (χ2v) is 7.68. The molecule has 156 valence electrons. The molecule has 0 radical (unpaired) electrons. The van der Waals surface area contributed by atoms with Gasteiger partial charge in [-0.25, -0.2) is 0 Å². The molecule has 1 amide bonds. The average molecular weight is 392 g/mol. The molecule has 0 heterocycles. The Morgan fingerprint density at radius 3 is 2.32 bits per heavy atom. The maximum Gasteiger partial charge on any atom is 0.308 e. The van der Waals surface area contributed by atoms with E-state index in [9.17, 15) is 14.7 Å². The number of esters is 1. The number of nitrogens with one attached hydrogen (secondary N) is 1. The van der Waals surface area contributed by atoms with Crippen LogP contribution in [0.1, 0.15) is 64.9 Å². The molecule has 1 aromatic rings. The molecule has 2 N–H and O–H groups in total. The van der Waals surface area contributed by atoms with Crippen molar-refractivity contribution in [1.29, 1.82) is 0 Å². The number of ether oxygens (including phenoxy) is 2. The van der Waals surface area contributed by atoms with Crippen LogP contribution in [0.4, 0.5) is 0 Å². The fourth-order valence-corrected chi connectivity index (χ4v) is 4.13. The van der Waals surface area contributed by atoms with Gasteiger partial charge in [-0.15, -0.1) is 0 Å². The first-order valence-electron chi connectivity index (χ1n) is 10.2. The molecule has 0 unspecified atom stereocenters. The fraction of sp³-hybridized carbons (Fsp3) is 0.636. The van der Waals surface area contributed by atoms with Gasteiger partial charge in [-0.05, 0) is 62.1 Å². The molecule has 0 aromatic heterocycles. The predicted molar refractivity (Wildman–Crippen MR) is 107 cm³/mol. The first-order chi connectivity index (χ1) is 13.3. The number of benzene rings is 1. The zero-order valence-corrected chi connectivity index (χ0v) is 17.4. The summed E-state index contributed by atoms with van der Waals surface area (Å²) in [5.74, 6) is 0.634. The van der Waals surface area contributed by atoms with Crippen LogP contribution in [0.3, 0.4) is 0 Å². The van der Waals surface area contributed by atoms with E-state index in [0.29, 0.717) is 17.4 Å². The molecule has 1 fully saturated rings. The standard InChI is InChI=1S/C22H33NO5/c1-5-22(26,6-2)17-8-10-18(11-9-17)23-21(25)14-16-7-12-19(28-15(3)24)20(13-16)27-4/h7,12-13,17-18,26H,5-6,8-11,14H2,1-4H3,(H,23,25). The summed E-state index contributed by atoms with van der Waals surface area (Å²) in [6.45, 7) is 5.41. The third-order valence-corrected chi connectivity index (χ3v) is 5.92. The van der Waals surface area contributed by atoms with E-state index in [-0.39, 0.29) is 18.4 Å². The first-order valence-corrected chi connectivity index (χ1v) is 10.2. The number of rotatable bonds is 8. The van der Waals surface area contributed by atoms with Gasteiger partial charge in [-0.2, -0.15) is 0 Å². The van der Waals surface area contributed by atoms with Crippen LogP contribution in [0.15, 0.2) is 18.2 Å². The van der Waals surface area contributed by atoms with E-state index < -0.39 is 11.6 Å². The smallest absolute Gasteiger partial charge is 0.308 e. The van der Waals surface area contributed by atoms with Crippen molar-refractivity contribution in [3.05, 3.63) is 23.8 Å². The molecule has 1 aromatic carbocycles. The summed E-state index contributed by atoms with van der Waals surface area (Å²) < 4.78 is 10.3. The summed E-state index contributed by atoms with van der Waals surface area (Å²) in [6.07, 6.45) is 5.46. The molecule has 1 aliphatic rings. The lowest BCUT2D eigenvalue weighted by molar-refractivity contribution is -0.132. The molecular weight excluding hydrogens is 358 g/mol. The Balaban J connectivity index is 1.89. The van der Waals surface area contributed by atoms with Gasteiger partial charge in [0.15, 0.2) is 11.5 Å². The molecule has 28 heavy (non-hydrogen) atoms. The van der Waals surface area contributed by atoms with Gasteiger partial charge in [-0.1, -0.05) is 19.9 Å². The first kappa shape index (κ1) is 22.2. The van der Waals surface area contributed by atoms with Crippen molar-refractivity contribution in [3.8, 4) is 11.5 Å². The zero-order chi connectivity index (χ0) is 20.7. The normalized spacial score (nSPS) is 19.8. The monoisotopic (exact) mass is 391 g/mol. The lowest BCUT2D eigenvalue weighted by atomic mass is 9.73. The molecular formula is C22H33NO5. The Morgan fingerprint density at radius 2 is 1.79 bits per heavy atom. The Bertz CT molecular complexity index is 676. The fourth-order valence-electron chi connectivity index (χ4n) is 4.13. The molecule has 0 aliphatic heterocycles. The summed E-state index contributed by atoms with van der Waals surface area (Å²) in [6, 6.07) is 5.28. The number of carbonyl (C=O) groups is 2. The van der Waals surface area contributed by atoms with Gasteiger partial charge in [0.25, 0.3) is 0 Å². The molecule has 0 spiro atoms. The second-order valence-electron chi connectivity index (χ2n) is 7.68. The Morgan fingerprint density at radius 1 is 1.14 bits per heavy atom. The molecule has 1 aliphatic carbocycles. The maximum atomic E-state index is 12.4. The van der Waals surface area contributed by atoms with E-state index >= 15 is 0 Å². The van der Waals surface area contributed by atoms with Gasteiger partial charge in [0.05, 0.1) is 19.1 Å². The van der Waals surface area contributed by atoms with E-state index in [1.54, 1.807) is 18.2 Å². The van der Waals surface area contributed by atoms with E-state index in [0.717, 1.165) is 44.1 Å². The van der Waals surface area contributed by atoms with Gasteiger partial charge in [0.1, 0.15) is 0 Å². The Kier molecular flexibility index (Phi) is 7.87. The van der Waals surface area contributed by atoms with Gasteiger partial charge in [0, 0.05) is 13.0 Å². The van der Waals surface area contributed by atoms with Crippen LogP contribution in [-0.4, -0.2) is 35.7 Å². The molecule has 0 bridgehead atoms. The zero-order valence-electron chi connectivity index (χ0n) is 17.4. The highest BCUT2D eigenvalue weighted by molar-refractivity contribution is 5.79. The minimum absolute atomic E-state index is 0.0352. The lowest BCUT2D eigenvalue weighted by Gasteiger charge is -2.39. The van der Waals surface area contributed by atoms with E-state index in [1.165, 1.54) is 14.0 Å². The summed E-state index contributed by atoms with van der Waals surface area (Å²) in [5, 5.41) is 13.8. The minimum Gasteiger partial charge on any atom is -0.493 e. The highest BCUT2D eigenvalue weighted by Crippen LogP contribution is 2.37. The molecule has 6 heteroatoms. The average Bonchev–Trinajstić information content (AvgIpc) is 2.68. The number of aliphatic hydroxyl groups is 1. The van der Waals surface area contributed by atoms with Crippen LogP contribution in [0.25, 0.3) is 0 Å². The van der Waals surface area contributed by atoms with Crippen LogP contribution < -0.4 is 14.8 Å². The Labute approximate surface area is 167 Å². The second kappa shape index (κ2) is 9.92. The summed E-state index contributed by atoms with van der Waals surface area (Å²) >= 11 is 0. The van der Waals surface area contributed by atoms with Crippen molar-refractivity contribution in [1.82, 2.24) is 5.32 Å². The number of carbonyl (C=O) groups excluding carboxylic acids is 2. The van der Waals surface area contributed by atoms with Gasteiger partial charge in [0.2, 0.25) is 5.91 Å². The molecule has 1 saturated carbocycles. The number of amides is 1. The van der Waals surface area contributed by atoms with E-state index in [2.05, 4.69) is 5.32 Å². The third kappa shape index (κ3) is 5.71. The van der Waals surface area contributed by atoms with Crippen LogP contribution >= 0.6 is 0 Å². The predicted octanol–water partition coefficient (Wildman–Crippen LogP) is 3.39. The number of hydrogen-bond donors (Lipinski definition) is 2. The van der Waals surface area contributed by atoms with E-state index in [1.807, 2.05) is 13.8 Å². The van der Waals surface area contributed by atoms with Crippen molar-refractivity contribution in [2.75, 3.05) is 7.11 Å². The topological polar surface area (TPSA) is 84.9 Å². The Hall–Kier alpha value is -2.08. The largest absolute Gasteiger partial charge is 0.493 e. The van der Waals surface area contributed by atoms with Crippen molar-refractivity contribution in [2.45, 2.75) is 77.4 Å². The van der Waals surface area contributed by atoms with E-state index in [4.69, 9.17) is 9.47 Å². The SMILES string of the molecule is CCC(O)(CC)C1CCC(NC(=O)Cc2ccc(OC(C)=O)c(OC)c2)CC1. The van der Waals surface area contributed by atoms with Crippen molar-refractivity contribution in [3.63, 3.8) is 0 Å². The lowest BCUT2D eigenvalue weighted by Crippen LogP contribution is -2.44. The molecule has 0 saturated heterocycles. The molecule has 2 rings (SSSR count). The maximum absolute atomic E-state index is 12.4. The quantitative estimate of drug-likeness (QED) is 0.524. The van der Waals surface area contributed by atoms with Crippen molar-refractivity contribution in [2.24, 2.45) is 5.92 Å².